The predicted octanol–water partition coefficient (Wildman–Crippen LogP) is 2.29. The fourth-order valence-corrected chi connectivity index (χ4v) is 2.48. The number of nitrogens with zero attached hydrogens (tertiary/aromatic N) is 2. The molecule has 0 radical (unpaired) electrons. The lowest BCUT2D eigenvalue weighted by molar-refractivity contribution is -0.123. The molecule has 0 bridgehead atoms. The number of anilines is 1. The van der Waals surface area contributed by atoms with Crippen molar-refractivity contribution in [1.29, 1.82) is 0 Å². The Labute approximate surface area is 137 Å². The lowest BCUT2D eigenvalue weighted by Gasteiger charge is -2.14. The van der Waals surface area contributed by atoms with E-state index < -0.39 is 18.0 Å². The molecule has 1 atom stereocenters. The SMILES string of the molecule is CCc1nnsc1C(=O)O[C@@H](C)C(=O)Nc1ccccc1OC. The van der Waals surface area contributed by atoms with Crippen LogP contribution in [0.2, 0.25) is 0 Å². The second-order valence-electron chi connectivity index (χ2n) is 4.64. The van der Waals surface area contributed by atoms with E-state index in [1.165, 1.54) is 14.0 Å². The van der Waals surface area contributed by atoms with E-state index in [4.69, 9.17) is 9.47 Å². The van der Waals surface area contributed by atoms with Gasteiger partial charge in [-0.3, -0.25) is 4.79 Å². The third kappa shape index (κ3) is 4.04. The highest BCUT2D eigenvalue weighted by molar-refractivity contribution is 7.07. The normalized spacial score (nSPS) is 11.6. The second kappa shape index (κ2) is 7.68. The Bertz CT molecular complexity index is 702. The Morgan fingerprint density at radius 3 is 2.78 bits per heavy atom. The topological polar surface area (TPSA) is 90.4 Å². The Hall–Kier alpha value is -2.48. The van der Waals surface area contributed by atoms with Crippen LogP contribution in [0.5, 0.6) is 5.75 Å². The zero-order valence-electron chi connectivity index (χ0n) is 13.0. The van der Waals surface area contributed by atoms with Gasteiger partial charge in [-0.2, -0.15) is 0 Å². The zero-order valence-corrected chi connectivity index (χ0v) is 13.8. The summed E-state index contributed by atoms with van der Waals surface area (Å²) in [6, 6.07) is 6.99. The van der Waals surface area contributed by atoms with Crippen molar-refractivity contribution in [3.8, 4) is 5.75 Å². The first-order valence-corrected chi connectivity index (χ1v) is 7.80. The number of aromatic nitrogens is 2. The van der Waals surface area contributed by atoms with E-state index in [9.17, 15) is 9.59 Å². The molecule has 0 aliphatic heterocycles. The van der Waals surface area contributed by atoms with E-state index in [1.54, 1.807) is 24.3 Å². The average Bonchev–Trinajstić information content (AvgIpc) is 3.04. The van der Waals surface area contributed by atoms with Crippen LogP contribution in [0, 0.1) is 0 Å². The quantitative estimate of drug-likeness (QED) is 0.815. The first-order valence-electron chi connectivity index (χ1n) is 7.02. The highest BCUT2D eigenvalue weighted by Gasteiger charge is 2.23. The number of rotatable bonds is 6. The van der Waals surface area contributed by atoms with Crippen molar-refractivity contribution in [3.63, 3.8) is 0 Å². The van der Waals surface area contributed by atoms with Crippen LogP contribution in [0.4, 0.5) is 5.69 Å². The molecular weight excluding hydrogens is 318 g/mol. The molecule has 0 unspecified atom stereocenters. The molecule has 7 nitrogen and oxygen atoms in total. The molecule has 23 heavy (non-hydrogen) atoms. The van der Waals surface area contributed by atoms with E-state index in [0.717, 1.165) is 11.5 Å². The summed E-state index contributed by atoms with van der Waals surface area (Å²) in [6.45, 7) is 3.37. The fraction of sp³-hybridized carbons (Fsp3) is 0.333. The lowest BCUT2D eigenvalue weighted by Crippen LogP contribution is -2.30. The molecule has 1 aromatic heterocycles. The van der Waals surface area contributed by atoms with Crippen molar-refractivity contribution < 1.29 is 19.1 Å². The molecule has 1 heterocycles. The van der Waals surface area contributed by atoms with Crippen molar-refractivity contribution in [2.24, 2.45) is 0 Å². The number of methoxy groups -OCH3 is 1. The van der Waals surface area contributed by atoms with Gasteiger partial charge in [-0.15, -0.1) is 5.10 Å². The number of ether oxygens (including phenoxy) is 2. The summed E-state index contributed by atoms with van der Waals surface area (Å²) >= 11 is 0.959. The first kappa shape index (κ1) is 16.9. The maximum Gasteiger partial charge on any atom is 0.352 e. The molecule has 0 saturated heterocycles. The summed E-state index contributed by atoms with van der Waals surface area (Å²) in [6.07, 6.45) is -0.387. The summed E-state index contributed by atoms with van der Waals surface area (Å²) < 4.78 is 14.1. The molecule has 1 amide bonds. The van der Waals surface area contributed by atoms with Crippen molar-refractivity contribution >= 4 is 29.1 Å². The third-order valence-corrected chi connectivity index (χ3v) is 3.84. The highest BCUT2D eigenvalue weighted by atomic mass is 32.1. The third-order valence-electron chi connectivity index (χ3n) is 3.09. The molecule has 1 aromatic carbocycles. The van der Waals surface area contributed by atoms with Crippen LogP contribution < -0.4 is 10.1 Å². The number of para-hydroxylation sites is 2. The Morgan fingerprint density at radius 1 is 1.35 bits per heavy atom. The van der Waals surface area contributed by atoms with Crippen LogP contribution in [0.1, 0.15) is 29.2 Å². The van der Waals surface area contributed by atoms with Crippen molar-refractivity contribution in [3.05, 3.63) is 34.8 Å². The molecule has 0 aliphatic rings. The number of hydrogen-bond donors (Lipinski definition) is 1. The monoisotopic (exact) mass is 335 g/mol. The molecule has 122 valence electrons. The number of carbonyl (C=O) groups is 2. The number of hydrogen-bond acceptors (Lipinski definition) is 7. The number of aryl methyl sites for hydroxylation is 1. The van der Waals surface area contributed by atoms with Gasteiger partial charge >= 0.3 is 5.97 Å². The van der Waals surface area contributed by atoms with E-state index in [2.05, 4.69) is 14.9 Å². The standard InChI is InChI=1S/C15H17N3O4S/c1-4-10-13(23-18-17-10)15(20)22-9(2)14(19)16-11-7-5-6-8-12(11)21-3/h5-9H,4H2,1-3H3,(H,16,19)/t9-/m0/s1. The largest absolute Gasteiger partial charge is 0.495 e. The van der Waals surface area contributed by atoms with E-state index in [-0.39, 0.29) is 0 Å². The number of esters is 1. The molecule has 8 heteroatoms. The van der Waals surface area contributed by atoms with Crippen LogP contribution in [-0.2, 0) is 16.0 Å². The van der Waals surface area contributed by atoms with Gasteiger partial charge in [-0.1, -0.05) is 23.5 Å². The summed E-state index contributed by atoms with van der Waals surface area (Å²) in [5.74, 6) is -0.516. The van der Waals surface area contributed by atoms with Gasteiger partial charge in [0, 0.05) is 0 Å². The summed E-state index contributed by atoms with van der Waals surface area (Å²) in [5.41, 5.74) is 1.08. The molecule has 2 rings (SSSR count). The van der Waals surface area contributed by atoms with E-state index >= 15 is 0 Å². The number of amides is 1. The Kier molecular flexibility index (Phi) is 5.64. The Morgan fingerprint density at radius 2 is 2.09 bits per heavy atom. The molecule has 1 N–H and O–H groups in total. The maximum absolute atomic E-state index is 12.2. The van der Waals surface area contributed by atoms with Gasteiger partial charge < -0.3 is 14.8 Å². The van der Waals surface area contributed by atoms with Crippen molar-refractivity contribution in [1.82, 2.24) is 9.59 Å². The van der Waals surface area contributed by atoms with E-state index in [1.807, 2.05) is 6.92 Å². The van der Waals surface area contributed by atoms with Gasteiger partial charge in [-0.05, 0) is 37.0 Å². The minimum Gasteiger partial charge on any atom is -0.495 e. The first-order chi connectivity index (χ1) is 11.1. The molecule has 2 aromatic rings. The fourth-order valence-electron chi connectivity index (χ4n) is 1.84. The molecular formula is C15H17N3O4S. The van der Waals surface area contributed by atoms with Crippen LogP contribution in [0.15, 0.2) is 24.3 Å². The minimum atomic E-state index is -0.959. The van der Waals surface area contributed by atoms with Crippen molar-refractivity contribution in [2.45, 2.75) is 26.4 Å². The van der Waals surface area contributed by atoms with Gasteiger partial charge in [-0.25, -0.2) is 4.79 Å². The summed E-state index contributed by atoms with van der Waals surface area (Å²) in [4.78, 5) is 24.6. The lowest BCUT2D eigenvalue weighted by atomic mass is 10.2. The predicted molar refractivity (Wildman–Crippen MR) is 85.8 cm³/mol. The van der Waals surface area contributed by atoms with Crippen molar-refractivity contribution in [2.75, 3.05) is 12.4 Å². The van der Waals surface area contributed by atoms with Gasteiger partial charge in [0.25, 0.3) is 5.91 Å². The van der Waals surface area contributed by atoms with Gasteiger partial charge in [0.2, 0.25) is 0 Å². The van der Waals surface area contributed by atoms with Crippen LogP contribution in [-0.4, -0.2) is 34.7 Å². The van der Waals surface area contributed by atoms with E-state index in [0.29, 0.717) is 28.4 Å². The maximum atomic E-state index is 12.2. The van der Waals surface area contributed by atoms with Crippen LogP contribution in [0.25, 0.3) is 0 Å². The smallest absolute Gasteiger partial charge is 0.352 e. The number of benzene rings is 1. The molecule has 0 spiro atoms. The molecule has 0 fully saturated rings. The van der Waals surface area contributed by atoms with Gasteiger partial charge in [0.05, 0.1) is 18.5 Å². The number of carbonyl (C=O) groups excluding carboxylic acids is 2. The molecule has 0 aliphatic carbocycles. The number of nitrogens with one attached hydrogen (secondary N) is 1. The zero-order chi connectivity index (χ0) is 16.8. The molecule has 0 saturated carbocycles. The minimum absolute atomic E-state index is 0.324. The van der Waals surface area contributed by atoms with Gasteiger partial charge in [0.15, 0.2) is 11.0 Å². The van der Waals surface area contributed by atoms with Gasteiger partial charge in [0.1, 0.15) is 5.75 Å². The highest BCUT2D eigenvalue weighted by Crippen LogP contribution is 2.23. The second-order valence-corrected chi connectivity index (χ2v) is 5.39. The Balaban J connectivity index is 2.01. The van der Waals surface area contributed by atoms with Crippen LogP contribution >= 0.6 is 11.5 Å². The average molecular weight is 335 g/mol. The van der Waals surface area contributed by atoms with Crippen LogP contribution in [0.3, 0.4) is 0 Å². The summed E-state index contributed by atoms with van der Waals surface area (Å²) in [7, 11) is 1.51. The summed E-state index contributed by atoms with van der Waals surface area (Å²) in [5, 5.41) is 6.52.